The molecule has 0 aliphatic rings. The lowest BCUT2D eigenvalue weighted by atomic mass is 10.1. The Balaban J connectivity index is 1.71. The lowest BCUT2D eigenvalue weighted by Gasteiger charge is -2.08. The fourth-order valence-corrected chi connectivity index (χ4v) is 3.22. The molecule has 1 N–H and O–H groups in total. The number of hydrogen-bond acceptors (Lipinski definition) is 4. The SMILES string of the molecule is CCc1ccc(-c2nc(SC(C)C(=O)c3ccc(F)c(F)c3)n[nH]2)cc1. The van der Waals surface area contributed by atoms with Crippen molar-refractivity contribution < 1.29 is 13.6 Å². The summed E-state index contributed by atoms with van der Waals surface area (Å²) in [6, 6.07) is 11.1. The number of nitrogens with zero attached hydrogens (tertiary/aromatic N) is 2. The molecule has 0 bridgehead atoms. The number of aromatic amines is 1. The van der Waals surface area contributed by atoms with Crippen molar-refractivity contribution in [1.29, 1.82) is 0 Å². The molecule has 0 radical (unpaired) electrons. The number of thioether (sulfide) groups is 1. The standard InChI is InChI=1S/C19H17F2N3OS/c1-3-12-4-6-13(7-5-12)18-22-19(24-23-18)26-11(2)17(25)14-8-9-15(20)16(21)10-14/h4-11H,3H2,1-2H3,(H,22,23,24). The van der Waals surface area contributed by atoms with Crippen molar-refractivity contribution in [1.82, 2.24) is 15.2 Å². The zero-order valence-corrected chi connectivity index (χ0v) is 15.1. The maximum absolute atomic E-state index is 13.3. The third-order valence-electron chi connectivity index (χ3n) is 3.96. The second-order valence-electron chi connectivity index (χ2n) is 5.77. The zero-order chi connectivity index (χ0) is 18.7. The Morgan fingerprint density at radius 1 is 1.15 bits per heavy atom. The summed E-state index contributed by atoms with van der Waals surface area (Å²) < 4.78 is 26.3. The first-order chi connectivity index (χ1) is 12.5. The summed E-state index contributed by atoms with van der Waals surface area (Å²) in [7, 11) is 0. The molecular weight excluding hydrogens is 356 g/mol. The smallest absolute Gasteiger partial charge is 0.209 e. The minimum absolute atomic E-state index is 0.120. The highest BCUT2D eigenvalue weighted by atomic mass is 32.2. The third-order valence-corrected chi connectivity index (χ3v) is 4.92. The van der Waals surface area contributed by atoms with Gasteiger partial charge in [-0.25, -0.2) is 13.8 Å². The molecular formula is C19H17F2N3OS. The number of nitrogens with one attached hydrogen (secondary N) is 1. The molecule has 7 heteroatoms. The van der Waals surface area contributed by atoms with E-state index in [1.54, 1.807) is 6.92 Å². The molecule has 0 fully saturated rings. The number of aryl methyl sites for hydroxylation is 1. The maximum Gasteiger partial charge on any atom is 0.209 e. The van der Waals surface area contributed by atoms with Gasteiger partial charge in [0.1, 0.15) is 0 Å². The molecule has 3 aromatic rings. The summed E-state index contributed by atoms with van der Waals surface area (Å²) in [6.45, 7) is 3.77. The largest absolute Gasteiger partial charge is 0.293 e. The van der Waals surface area contributed by atoms with Gasteiger partial charge in [-0.3, -0.25) is 9.89 Å². The number of hydrogen-bond donors (Lipinski definition) is 1. The van der Waals surface area contributed by atoms with Crippen molar-refractivity contribution >= 4 is 17.5 Å². The Morgan fingerprint density at radius 3 is 2.54 bits per heavy atom. The van der Waals surface area contributed by atoms with Crippen LogP contribution in [0.25, 0.3) is 11.4 Å². The topological polar surface area (TPSA) is 58.6 Å². The Kier molecular flexibility index (Phi) is 5.46. The molecule has 2 aromatic carbocycles. The van der Waals surface area contributed by atoms with E-state index in [4.69, 9.17) is 0 Å². The third kappa shape index (κ3) is 3.99. The van der Waals surface area contributed by atoms with Crippen LogP contribution >= 0.6 is 11.8 Å². The van der Waals surface area contributed by atoms with Gasteiger partial charge in [-0.2, -0.15) is 0 Å². The van der Waals surface area contributed by atoms with Crippen LogP contribution in [0, 0.1) is 11.6 Å². The van der Waals surface area contributed by atoms with Gasteiger partial charge < -0.3 is 0 Å². The molecule has 4 nitrogen and oxygen atoms in total. The van der Waals surface area contributed by atoms with E-state index in [2.05, 4.69) is 22.1 Å². The molecule has 0 spiro atoms. The predicted molar refractivity (Wildman–Crippen MR) is 97.2 cm³/mol. The van der Waals surface area contributed by atoms with E-state index in [1.807, 2.05) is 24.3 Å². The molecule has 1 heterocycles. The second-order valence-corrected chi connectivity index (χ2v) is 7.08. The van der Waals surface area contributed by atoms with Crippen LogP contribution in [0.3, 0.4) is 0 Å². The summed E-state index contributed by atoms with van der Waals surface area (Å²) in [4.78, 5) is 16.8. The van der Waals surface area contributed by atoms with Gasteiger partial charge in [-0.1, -0.05) is 43.0 Å². The van der Waals surface area contributed by atoms with Crippen molar-refractivity contribution in [2.75, 3.05) is 0 Å². The van der Waals surface area contributed by atoms with Crippen molar-refractivity contribution in [3.05, 3.63) is 65.2 Å². The molecule has 0 saturated carbocycles. The van der Waals surface area contributed by atoms with Crippen LogP contribution in [-0.4, -0.2) is 26.2 Å². The average Bonchev–Trinajstić information content (AvgIpc) is 3.12. The Hall–Kier alpha value is -2.54. The number of halogens is 2. The van der Waals surface area contributed by atoms with Gasteiger partial charge in [0, 0.05) is 11.1 Å². The van der Waals surface area contributed by atoms with E-state index < -0.39 is 16.9 Å². The second kappa shape index (κ2) is 7.78. The summed E-state index contributed by atoms with van der Waals surface area (Å²) in [5.74, 6) is -1.71. The molecule has 1 atom stereocenters. The minimum Gasteiger partial charge on any atom is -0.293 e. The van der Waals surface area contributed by atoms with E-state index in [-0.39, 0.29) is 11.3 Å². The van der Waals surface area contributed by atoms with Crippen LogP contribution < -0.4 is 0 Å². The van der Waals surface area contributed by atoms with Crippen LogP contribution in [0.4, 0.5) is 8.78 Å². The molecule has 0 aliphatic carbocycles. The lowest BCUT2D eigenvalue weighted by Crippen LogP contribution is -2.14. The van der Waals surface area contributed by atoms with Gasteiger partial charge in [-0.15, -0.1) is 5.10 Å². The molecule has 3 rings (SSSR count). The van der Waals surface area contributed by atoms with Crippen molar-refractivity contribution in [2.24, 2.45) is 0 Å². The van der Waals surface area contributed by atoms with Crippen LogP contribution in [0.2, 0.25) is 0 Å². The van der Waals surface area contributed by atoms with Crippen molar-refractivity contribution in [3.8, 4) is 11.4 Å². The van der Waals surface area contributed by atoms with E-state index in [0.717, 1.165) is 35.9 Å². The number of H-pyrrole nitrogens is 1. The predicted octanol–water partition coefficient (Wildman–Crippen LogP) is 4.68. The van der Waals surface area contributed by atoms with Gasteiger partial charge in [0.2, 0.25) is 5.16 Å². The molecule has 134 valence electrons. The lowest BCUT2D eigenvalue weighted by molar-refractivity contribution is 0.0993. The van der Waals surface area contributed by atoms with Crippen LogP contribution in [0.5, 0.6) is 0 Å². The number of carbonyl (C=O) groups excluding carboxylic acids is 1. The van der Waals surface area contributed by atoms with Gasteiger partial charge in [-0.05, 0) is 37.1 Å². The number of carbonyl (C=O) groups is 1. The van der Waals surface area contributed by atoms with E-state index >= 15 is 0 Å². The first kappa shape index (κ1) is 18.3. The van der Waals surface area contributed by atoms with Gasteiger partial charge in [0.15, 0.2) is 23.2 Å². The average molecular weight is 373 g/mol. The first-order valence-corrected chi connectivity index (χ1v) is 9.03. The monoisotopic (exact) mass is 373 g/mol. The molecule has 1 unspecified atom stereocenters. The summed E-state index contributed by atoms with van der Waals surface area (Å²) >= 11 is 1.16. The molecule has 0 aliphatic heterocycles. The Labute approximate surface area is 154 Å². The normalized spacial score (nSPS) is 12.2. The summed E-state index contributed by atoms with van der Waals surface area (Å²) in [6.07, 6.45) is 0.960. The number of Topliss-reactive ketones (excluding diaryl/α,β-unsaturated/α-hetero) is 1. The maximum atomic E-state index is 13.3. The van der Waals surface area contributed by atoms with E-state index in [9.17, 15) is 13.6 Å². The highest BCUT2D eigenvalue weighted by molar-refractivity contribution is 8.00. The highest BCUT2D eigenvalue weighted by Gasteiger charge is 2.20. The quantitative estimate of drug-likeness (QED) is 0.504. The van der Waals surface area contributed by atoms with E-state index in [0.29, 0.717) is 11.0 Å². The minimum atomic E-state index is -1.04. The van der Waals surface area contributed by atoms with Crippen molar-refractivity contribution in [3.63, 3.8) is 0 Å². The van der Waals surface area contributed by atoms with E-state index in [1.165, 1.54) is 11.6 Å². The van der Waals surface area contributed by atoms with Gasteiger partial charge in [0.25, 0.3) is 0 Å². The zero-order valence-electron chi connectivity index (χ0n) is 14.3. The summed E-state index contributed by atoms with van der Waals surface area (Å²) in [5.41, 5.74) is 2.25. The fourth-order valence-electron chi connectivity index (χ4n) is 2.42. The molecule has 0 amide bonds. The fraction of sp³-hybridized carbons (Fsp3) is 0.211. The van der Waals surface area contributed by atoms with Gasteiger partial charge in [0.05, 0.1) is 5.25 Å². The first-order valence-electron chi connectivity index (χ1n) is 8.15. The molecule has 26 heavy (non-hydrogen) atoms. The van der Waals surface area contributed by atoms with Crippen LogP contribution in [-0.2, 0) is 6.42 Å². The Morgan fingerprint density at radius 2 is 1.88 bits per heavy atom. The van der Waals surface area contributed by atoms with Crippen molar-refractivity contribution in [2.45, 2.75) is 30.7 Å². The summed E-state index contributed by atoms with van der Waals surface area (Å²) in [5, 5.41) is 6.86. The number of rotatable bonds is 6. The molecule has 1 aromatic heterocycles. The highest BCUT2D eigenvalue weighted by Crippen LogP contribution is 2.25. The van der Waals surface area contributed by atoms with Crippen LogP contribution in [0.15, 0.2) is 47.6 Å². The Bertz CT molecular complexity index is 925. The number of ketones is 1. The number of benzene rings is 2. The number of aromatic nitrogens is 3. The molecule has 0 saturated heterocycles. The van der Waals surface area contributed by atoms with Crippen LogP contribution in [0.1, 0.15) is 29.8 Å². The van der Waals surface area contributed by atoms with Gasteiger partial charge >= 0.3 is 0 Å².